The molecule has 0 aliphatic carbocycles. The average molecular weight is 540 g/mol. The molecule has 1 atom stereocenters. The molecule has 0 spiro atoms. The summed E-state index contributed by atoms with van der Waals surface area (Å²) in [5, 5.41) is 4.53. The van der Waals surface area contributed by atoms with Gasteiger partial charge in [-0.2, -0.15) is 22.9 Å². The van der Waals surface area contributed by atoms with E-state index in [0.717, 1.165) is 16.8 Å². The van der Waals surface area contributed by atoms with Gasteiger partial charge in [0.05, 0.1) is 36.4 Å². The standard InChI is InChI=1S/C28H24F3N3O5/c1-4-38-27(36)17(2)39-23-13-12-18(14-24(23)37-3)16-32-34-25(19-8-7-9-20(15-19)28(29,30)31)33-22-11-6-5-10-21(22)26(34)35/h5-17H,4H2,1-3H3/t17-/m0/s1. The molecule has 0 bridgehead atoms. The number of aromatic nitrogens is 2. The van der Waals surface area contributed by atoms with E-state index < -0.39 is 29.4 Å². The Hall–Kier alpha value is -4.67. The van der Waals surface area contributed by atoms with Crippen LogP contribution in [0.2, 0.25) is 0 Å². The lowest BCUT2D eigenvalue weighted by atomic mass is 10.1. The highest BCUT2D eigenvalue weighted by Gasteiger charge is 2.31. The second kappa shape index (κ2) is 11.4. The summed E-state index contributed by atoms with van der Waals surface area (Å²) in [6.45, 7) is 3.44. The number of alkyl halides is 3. The van der Waals surface area contributed by atoms with Crippen LogP contribution in [0, 0.1) is 0 Å². The van der Waals surface area contributed by atoms with E-state index in [4.69, 9.17) is 14.2 Å². The highest BCUT2D eigenvalue weighted by atomic mass is 19.4. The van der Waals surface area contributed by atoms with Gasteiger partial charge in [0.15, 0.2) is 23.4 Å². The lowest BCUT2D eigenvalue weighted by molar-refractivity contribution is -0.150. The number of nitrogens with zero attached hydrogens (tertiary/aromatic N) is 3. The third kappa shape index (κ3) is 6.08. The maximum atomic E-state index is 13.4. The van der Waals surface area contributed by atoms with Crippen LogP contribution in [-0.4, -0.2) is 41.7 Å². The van der Waals surface area contributed by atoms with Gasteiger partial charge in [0, 0.05) is 5.56 Å². The van der Waals surface area contributed by atoms with Crippen molar-refractivity contribution in [1.29, 1.82) is 0 Å². The molecule has 11 heteroatoms. The molecule has 0 fully saturated rings. The van der Waals surface area contributed by atoms with Gasteiger partial charge in [-0.05, 0) is 61.9 Å². The molecule has 1 aromatic heterocycles. The molecule has 4 aromatic rings. The number of methoxy groups -OCH3 is 1. The Labute approximate surface area is 221 Å². The molecule has 202 valence electrons. The zero-order chi connectivity index (χ0) is 28.2. The molecule has 0 N–H and O–H groups in total. The number of fused-ring (bicyclic) bond motifs is 1. The number of hydrogen-bond donors (Lipinski definition) is 0. The van der Waals surface area contributed by atoms with Crippen LogP contribution in [0.4, 0.5) is 13.2 Å². The van der Waals surface area contributed by atoms with Crippen LogP contribution < -0.4 is 15.0 Å². The predicted octanol–water partition coefficient (Wildman–Crippen LogP) is 5.30. The van der Waals surface area contributed by atoms with Gasteiger partial charge in [0.25, 0.3) is 5.56 Å². The molecule has 0 amide bonds. The summed E-state index contributed by atoms with van der Waals surface area (Å²) in [4.78, 5) is 29.7. The fraction of sp³-hybridized carbons (Fsp3) is 0.214. The molecule has 39 heavy (non-hydrogen) atoms. The summed E-state index contributed by atoms with van der Waals surface area (Å²) in [6.07, 6.45) is -4.11. The van der Waals surface area contributed by atoms with Crippen LogP contribution in [0.15, 0.2) is 76.6 Å². The first-order valence-electron chi connectivity index (χ1n) is 11.9. The third-order valence-electron chi connectivity index (χ3n) is 5.63. The summed E-state index contributed by atoms with van der Waals surface area (Å²) in [5.74, 6) is -0.0201. The molecule has 0 saturated carbocycles. The summed E-state index contributed by atoms with van der Waals surface area (Å²) in [6, 6.07) is 15.8. The largest absolute Gasteiger partial charge is 0.493 e. The maximum Gasteiger partial charge on any atom is 0.416 e. The summed E-state index contributed by atoms with van der Waals surface area (Å²) >= 11 is 0. The smallest absolute Gasteiger partial charge is 0.416 e. The maximum absolute atomic E-state index is 13.4. The lowest BCUT2D eigenvalue weighted by Crippen LogP contribution is -2.26. The Morgan fingerprint density at radius 2 is 1.85 bits per heavy atom. The van der Waals surface area contributed by atoms with Crippen LogP contribution in [-0.2, 0) is 15.7 Å². The van der Waals surface area contributed by atoms with Crippen molar-refractivity contribution < 1.29 is 32.2 Å². The first-order chi connectivity index (χ1) is 18.6. The highest BCUT2D eigenvalue weighted by Crippen LogP contribution is 2.32. The fourth-order valence-corrected chi connectivity index (χ4v) is 3.74. The predicted molar refractivity (Wildman–Crippen MR) is 139 cm³/mol. The van der Waals surface area contributed by atoms with Gasteiger partial charge in [-0.25, -0.2) is 9.78 Å². The zero-order valence-corrected chi connectivity index (χ0v) is 21.2. The van der Waals surface area contributed by atoms with Crippen molar-refractivity contribution in [3.63, 3.8) is 0 Å². The van der Waals surface area contributed by atoms with Gasteiger partial charge >= 0.3 is 12.1 Å². The quantitative estimate of drug-likeness (QED) is 0.223. The number of carbonyl (C=O) groups is 1. The summed E-state index contributed by atoms with van der Waals surface area (Å²) in [5.41, 5.74) is -0.563. The molecule has 4 rings (SSSR count). The van der Waals surface area contributed by atoms with E-state index >= 15 is 0 Å². The van der Waals surface area contributed by atoms with E-state index in [-0.39, 0.29) is 34.9 Å². The highest BCUT2D eigenvalue weighted by molar-refractivity contribution is 5.83. The first kappa shape index (κ1) is 27.4. The van der Waals surface area contributed by atoms with Gasteiger partial charge in [-0.3, -0.25) is 4.79 Å². The minimum Gasteiger partial charge on any atom is -0.493 e. The van der Waals surface area contributed by atoms with Crippen molar-refractivity contribution in [3.8, 4) is 22.9 Å². The number of carbonyl (C=O) groups excluding carboxylic acids is 1. The lowest BCUT2D eigenvalue weighted by Gasteiger charge is -2.16. The van der Waals surface area contributed by atoms with Crippen molar-refractivity contribution >= 4 is 23.1 Å². The fourth-order valence-electron chi connectivity index (χ4n) is 3.74. The van der Waals surface area contributed by atoms with E-state index in [1.54, 1.807) is 56.3 Å². The molecule has 0 unspecified atom stereocenters. The number of esters is 1. The summed E-state index contributed by atoms with van der Waals surface area (Å²) in [7, 11) is 1.42. The van der Waals surface area contributed by atoms with Gasteiger partial charge in [-0.15, -0.1) is 0 Å². The van der Waals surface area contributed by atoms with Crippen molar-refractivity contribution in [2.45, 2.75) is 26.1 Å². The van der Waals surface area contributed by atoms with Crippen molar-refractivity contribution in [2.24, 2.45) is 5.10 Å². The number of para-hydroxylation sites is 1. The normalized spacial score (nSPS) is 12.5. The van der Waals surface area contributed by atoms with E-state index in [9.17, 15) is 22.8 Å². The van der Waals surface area contributed by atoms with Crippen molar-refractivity contribution in [3.05, 3.63) is 88.2 Å². The third-order valence-corrected chi connectivity index (χ3v) is 5.63. The molecular weight excluding hydrogens is 515 g/mol. The monoisotopic (exact) mass is 539 g/mol. The number of ether oxygens (including phenoxy) is 3. The zero-order valence-electron chi connectivity index (χ0n) is 21.2. The van der Waals surface area contributed by atoms with E-state index in [1.807, 2.05) is 0 Å². The SMILES string of the molecule is CCOC(=O)[C@H](C)Oc1ccc(C=Nn2c(-c3cccc(C(F)(F)F)c3)nc3ccccc3c2=O)cc1OC. The van der Waals surface area contributed by atoms with E-state index in [0.29, 0.717) is 11.1 Å². The molecule has 0 aliphatic rings. The van der Waals surface area contributed by atoms with Gasteiger partial charge < -0.3 is 14.2 Å². The molecule has 0 saturated heterocycles. The molecule has 8 nitrogen and oxygen atoms in total. The Morgan fingerprint density at radius 1 is 1.08 bits per heavy atom. The second-order valence-corrected chi connectivity index (χ2v) is 8.32. The Balaban J connectivity index is 1.76. The first-order valence-corrected chi connectivity index (χ1v) is 11.9. The number of halogens is 3. The Morgan fingerprint density at radius 3 is 2.56 bits per heavy atom. The van der Waals surface area contributed by atoms with Gasteiger partial charge in [0.2, 0.25) is 0 Å². The van der Waals surface area contributed by atoms with Gasteiger partial charge in [-0.1, -0.05) is 24.3 Å². The number of benzene rings is 3. The molecule has 0 aliphatic heterocycles. The molecule has 3 aromatic carbocycles. The van der Waals surface area contributed by atoms with Crippen LogP contribution in [0.25, 0.3) is 22.3 Å². The minimum absolute atomic E-state index is 0.0590. The minimum atomic E-state index is -4.58. The molecule has 0 radical (unpaired) electrons. The average Bonchev–Trinajstić information content (AvgIpc) is 2.92. The number of hydrogen-bond acceptors (Lipinski definition) is 7. The van der Waals surface area contributed by atoms with Crippen LogP contribution in [0.1, 0.15) is 25.0 Å². The number of rotatable bonds is 8. The van der Waals surface area contributed by atoms with E-state index in [1.165, 1.54) is 25.5 Å². The Bertz CT molecular complexity index is 1600. The van der Waals surface area contributed by atoms with Crippen LogP contribution in [0.3, 0.4) is 0 Å². The van der Waals surface area contributed by atoms with Gasteiger partial charge in [0.1, 0.15) is 0 Å². The van der Waals surface area contributed by atoms with Crippen LogP contribution >= 0.6 is 0 Å². The van der Waals surface area contributed by atoms with Crippen LogP contribution in [0.5, 0.6) is 11.5 Å². The van der Waals surface area contributed by atoms with E-state index in [2.05, 4.69) is 10.1 Å². The molecular formula is C28H24F3N3O5. The molecule has 1 heterocycles. The topological polar surface area (TPSA) is 92.0 Å². The second-order valence-electron chi connectivity index (χ2n) is 8.32. The summed E-state index contributed by atoms with van der Waals surface area (Å²) < 4.78 is 57.1. The Kier molecular flexibility index (Phi) is 7.99. The van der Waals surface area contributed by atoms with Crippen molar-refractivity contribution in [2.75, 3.05) is 13.7 Å². The van der Waals surface area contributed by atoms with Crippen molar-refractivity contribution in [1.82, 2.24) is 9.66 Å².